The second-order valence-electron chi connectivity index (χ2n) is 5.54. The van der Waals surface area contributed by atoms with Crippen molar-refractivity contribution in [1.29, 1.82) is 0 Å². The topological polar surface area (TPSA) is 65.5 Å². The molecule has 1 aromatic carbocycles. The van der Waals surface area contributed by atoms with Gasteiger partial charge in [-0.15, -0.1) is 0 Å². The largest absolute Gasteiger partial charge is 0.396 e. The molecule has 1 aliphatic heterocycles. The summed E-state index contributed by atoms with van der Waals surface area (Å²) in [6.07, 6.45) is 0.858. The van der Waals surface area contributed by atoms with Gasteiger partial charge in [0.15, 0.2) is 0 Å². The number of rotatable bonds is 2. The third kappa shape index (κ3) is 2.83. The Morgan fingerprint density at radius 1 is 1.43 bits per heavy atom. The number of aliphatic hydroxyl groups excluding tert-OH is 1. The van der Waals surface area contributed by atoms with Crippen LogP contribution in [0.2, 0.25) is 0 Å². The maximum Gasteiger partial charge on any atom is 0.321 e. The molecule has 3 rings (SSSR count). The molecule has 1 aliphatic rings. The van der Waals surface area contributed by atoms with E-state index >= 15 is 0 Å². The van der Waals surface area contributed by atoms with Gasteiger partial charge in [0.05, 0.1) is 11.2 Å². The summed E-state index contributed by atoms with van der Waals surface area (Å²) in [7, 11) is 0. The number of aromatic nitrogens is 1. The number of carbonyl (C=O) groups excluding carboxylic acids is 1. The first-order chi connectivity index (χ1) is 10.2. The van der Waals surface area contributed by atoms with Crippen LogP contribution in [0.5, 0.6) is 0 Å². The molecule has 1 saturated heterocycles. The van der Waals surface area contributed by atoms with Crippen molar-refractivity contribution in [2.75, 3.05) is 25.0 Å². The van der Waals surface area contributed by atoms with Crippen molar-refractivity contribution in [2.24, 2.45) is 5.92 Å². The number of anilines is 1. The summed E-state index contributed by atoms with van der Waals surface area (Å²) in [5.74, 6) is 0.198. The van der Waals surface area contributed by atoms with Crippen LogP contribution in [0.4, 0.5) is 10.5 Å². The van der Waals surface area contributed by atoms with E-state index in [1.807, 2.05) is 37.3 Å². The molecule has 0 aliphatic carbocycles. The van der Waals surface area contributed by atoms with Gasteiger partial charge in [0.1, 0.15) is 0 Å². The molecule has 1 atom stereocenters. The molecule has 21 heavy (non-hydrogen) atoms. The molecule has 2 N–H and O–H groups in total. The fourth-order valence-electron chi connectivity index (χ4n) is 2.71. The SMILES string of the molecule is Cc1ccc2cccc(NC(=O)N3CCC(CO)C3)c2n1. The number of hydrogen-bond acceptors (Lipinski definition) is 3. The molecule has 0 radical (unpaired) electrons. The van der Waals surface area contributed by atoms with Crippen LogP contribution in [-0.2, 0) is 0 Å². The molecule has 5 heteroatoms. The van der Waals surface area contributed by atoms with E-state index in [9.17, 15) is 4.79 Å². The fourth-order valence-corrected chi connectivity index (χ4v) is 2.71. The second-order valence-corrected chi connectivity index (χ2v) is 5.54. The van der Waals surface area contributed by atoms with Crippen molar-refractivity contribution in [3.8, 4) is 0 Å². The van der Waals surface area contributed by atoms with Gasteiger partial charge < -0.3 is 15.3 Å². The molecule has 1 unspecified atom stereocenters. The summed E-state index contributed by atoms with van der Waals surface area (Å²) in [4.78, 5) is 18.6. The first-order valence-electron chi connectivity index (χ1n) is 7.20. The molecular formula is C16H19N3O2. The number of hydrogen-bond donors (Lipinski definition) is 2. The molecule has 0 saturated carbocycles. The summed E-state index contributed by atoms with van der Waals surface area (Å²) < 4.78 is 0. The van der Waals surface area contributed by atoms with Crippen molar-refractivity contribution in [3.05, 3.63) is 36.0 Å². The number of fused-ring (bicyclic) bond motifs is 1. The minimum Gasteiger partial charge on any atom is -0.396 e. The molecular weight excluding hydrogens is 266 g/mol. The molecule has 0 bridgehead atoms. The Morgan fingerprint density at radius 2 is 2.29 bits per heavy atom. The molecule has 2 aromatic rings. The predicted octanol–water partition coefficient (Wildman–Crippen LogP) is 2.39. The number of amides is 2. The highest BCUT2D eigenvalue weighted by Crippen LogP contribution is 2.23. The van der Waals surface area contributed by atoms with Crippen LogP contribution >= 0.6 is 0 Å². The number of likely N-dealkylation sites (tertiary alicyclic amines) is 1. The maximum absolute atomic E-state index is 12.3. The van der Waals surface area contributed by atoms with E-state index in [0.717, 1.165) is 28.7 Å². The number of nitrogens with zero attached hydrogens (tertiary/aromatic N) is 2. The average Bonchev–Trinajstić information content (AvgIpc) is 2.97. The van der Waals surface area contributed by atoms with E-state index in [2.05, 4.69) is 10.3 Å². The van der Waals surface area contributed by atoms with Crippen molar-refractivity contribution < 1.29 is 9.90 Å². The Labute approximate surface area is 123 Å². The van der Waals surface area contributed by atoms with Gasteiger partial charge >= 0.3 is 6.03 Å². The molecule has 1 aromatic heterocycles. The summed E-state index contributed by atoms with van der Waals surface area (Å²) in [5.41, 5.74) is 2.46. The minimum atomic E-state index is -0.123. The molecule has 5 nitrogen and oxygen atoms in total. The van der Waals surface area contributed by atoms with Gasteiger partial charge in [-0.25, -0.2) is 4.79 Å². The Morgan fingerprint density at radius 3 is 3.05 bits per heavy atom. The maximum atomic E-state index is 12.3. The van der Waals surface area contributed by atoms with Gasteiger partial charge in [0.25, 0.3) is 0 Å². The molecule has 1 fully saturated rings. The summed E-state index contributed by atoms with van der Waals surface area (Å²) in [5, 5.41) is 13.1. The van der Waals surface area contributed by atoms with Crippen molar-refractivity contribution in [2.45, 2.75) is 13.3 Å². The lowest BCUT2D eigenvalue weighted by molar-refractivity contribution is 0.209. The Kier molecular flexibility index (Phi) is 3.75. The van der Waals surface area contributed by atoms with E-state index in [4.69, 9.17) is 5.11 Å². The first kappa shape index (κ1) is 13.8. The van der Waals surface area contributed by atoms with Crippen LogP contribution in [0.3, 0.4) is 0 Å². The number of pyridine rings is 1. The standard InChI is InChI=1S/C16H19N3O2/c1-11-5-6-13-3-2-4-14(15(13)17-11)18-16(21)19-8-7-12(9-19)10-20/h2-6,12,20H,7-10H2,1H3,(H,18,21). The second kappa shape index (κ2) is 5.69. The summed E-state index contributed by atoms with van der Waals surface area (Å²) >= 11 is 0. The van der Waals surface area contributed by atoms with Crippen molar-refractivity contribution in [3.63, 3.8) is 0 Å². The first-order valence-corrected chi connectivity index (χ1v) is 7.20. The van der Waals surface area contributed by atoms with Crippen LogP contribution in [0, 0.1) is 12.8 Å². The zero-order chi connectivity index (χ0) is 14.8. The monoisotopic (exact) mass is 285 g/mol. The lowest BCUT2D eigenvalue weighted by Crippen LogP contribution is -2.33. The van der Waals surface area contributed by atoms with E-state index in [0.29, 0.717) is 13.1 Å². The van der Waals surface area contributed by atoms with E-state index < -0.39 is 0 Å². The molecule has 0 spiro atoms. The number of benzene rings is 1. The number of carbonyl (C=O) groups is 1. The summed E-state index contributed by atoms with van der Waals surface area (Å²) in [6.45, 7) is 3.37. The quantitative estimate of drug-likeness (QED) is 0.890. The number of nitrogens with one attached hydrogen (secondary N) is 1. The van der Waals surface area contributed by atoms with Crippen LogP contribution in [0.1, 0.15) is 12.1 Å². The number of aryl methyl sites for hydroxylation is 1. The third-order valence-corrected chi connectivity index (χ3v) is 3.93. The molecule has 110 valence electrons. The normalized spacial score (nSPS) is 18.2. The van der Waals surface area contributed by atoms with Gasteiger partial charge in [-0.1, -0.05) is 18.2 Å². The highest BCUT2D eigenvalue weighted by atomic mass is 16.3. The van der Waals surface area contributed by atoms with Crippen LogP contribution in [0.25, 0.3) is 10.9 Å². The lowest BCUT2D eigenvalue weighted by atomic mass is 10.1. The van der Waals surface area contributed by atoms with E-state index in [1.54, 1.807) is 4.90 Å². The smallest absolute Gasteiger partial charge is 0.321 e. The van der Waals surface area contributed by atoms with E-state index in [1.165, 1.54) is 0 Å². The highest BCUT2D eigenvalue weighted by molar-refractivity contribution is 5.99. The number of urea groups is 1. The van der Waals surface area contributed by atoms with Gasteiger partial charge in [0.2, 0.25) is 0 Å². The zero-order valence-electron chi connectivity index (χ0n) is 12.0. The summed E-state index contributed by atoms with van der Waals surface area (Å²) in [6, 6.07) is 9.60. The van der Waals surface area contributed by atoms with Crippen molar-refractivity contribution in [1.82, 2.24) is 9.88 Å². The van der Waals surface area contributed by atoms with Gasteiger partial charge in [-0.3, -0.25) is 4.98 Å². The van der Waals surface area contributed by atoms with Crippen LogP contribution in [-0.4, -0.2) is 40.7 Å². The van der Waals surface area contributed by atoms with Crippen LogP contribution < -0.4 is 5.32 Å². The zero-order valence-corrected chi connectivity index (χ0v) is 12.0. The molecule has 2 heterocycles. The average molecular weight is 285 g/mol. The van der Waals surface area contributed by atoms with Crippen LogP contribution in [0.15, 0.2) is 30.3 Å². The fraction of sp³-hybridized carbons (Fsp3) is 0.375. The van der Waals surface area contributed by atoms with Gasteiger partial charge in [-0.2, -0.15) is 0 Å². The highest BCUT2D eigenvalue weighted by Gasteiger charge is 2.25. The minimum absolute atomic E-state index is 0.123. The van der Waals surface area contributed by atoms with Crippen molar-refractivity contribution >= 4 is 22.6 Å². The van der Waals surface area contributed by atoms with Gasteiger partial charge in [0, 0.05) is 36.7 Å². The number of aliphatic hydroxyl groups is 1. The number of para-hydroxylation sites is 1. The Hall–Kier alpha value is -2.14. The Bertz CT molecular complexity index is 672. The third-order valence-electron chi connectivity index (χ3n) is 3.93. The van der Waals surface area contributed by atoms with E-state index in [-0.39, 0.29) is 18.6 Å². The lowest BCUT2D eigenvalue weighted by Gasteiger charge is -2.17. The predicted molar refractivity (Wildman–Crippen MR) is 82.3 cm³/mol. The Balaban J connectivity index is 1.82. The molecule has 2 amide bonds. The van der Waals surface area contributed by atoms with Gasteiger partial charge in [-0.05, 0) is 25.5 Å².